The Morgan fingerprint density at radius 3 is 2.36 bits per heavy atom. The van der Waals surface area contributed by atoms with Crippen molar-refractivity contribution >= 4 is 21.6 Å². The second-order valence-corrected chi connectivity index (χ2v) is 14.2. The van der Waals surface area contributed by atoms with Gasteiger partial charge in [-0.05, 0) is 87.4 Å². The molecule has 0 bridgehead atoms. The lowest BCUT2D eigenvalue weighted by atomic mass is 9.69. The number of phenols is 1. The zero-order valence-corrected chi connectivity index (χ0v) is 26.2. The highest BCUT2D eigenvalue weighted by Gasteiger charge is 2.37. The molecule has 0 aliphatic heterocycles. The summed E-state index contributed by atoms with van der Waals surface area (Å²) in [4.78, 5) is 18.0. The summed E-state index contributed by atoms with van der Waals surface area (Å²) in [5.74, 6) is 0.0215. The molecule has 1 saturated carbocycles. The molecule has 2 aromatic carbocycles. The Kier molecular flexibility index (Phi) is 10.3. The van der Waals surface area contributed by atoms with Crippen molar-refractivity contribution in [3.63, 3.8) is 0 Å². The van der Waals surface area contributed by atoms with Crippen molar-refractivity contribution in [3.8, 4) is 5.75 Å². The molecule has 1 aliphatic rings. The molecule has 1 amide bonds. The number of phenolic OH excluding ortho intramolecular Hbond substituents is 1. The summed E-state index contributed by atoms with van der Waals surface area (Å²) in [6.07, 6.45) is 8.95. The van der Waals surface area contributed by atoms with Crippen LogP contribution in [0.5, 0.6) is 5.75 Å². The molecule has 7 nitrogen and oxygen atoms in total. The first-order valence-corrected chi connectivity index (χ1v) is 16.6. The third-order valence-electron chi connectivity index (χ3n) is 8.24. The van der Waals surface area contributed by atoms with Crippen molar-refractivity contribution in [1.29, 1.82) is 0 Å². The van der Waals surface area contributed by atoms with Gasteiger partial charge in [0.15, 0.2) is 0 Å². The van der Waals surface area contributed by atoms with E-state index in [0.29, 0.717) is 19.3 Å². The topological polar surface area (TPSA) is 99.6 Å². The molecule has 42 heavy (non-hydrogen) atoms. The second kappa shape index (κ2) is 13.7. The molecule has 0 saturated heterocycles. The maximum absolute atomic E-state index is 13.6. The molecule has 1 fully saturated rings. The summed E-state index contributed by atoms with van der Waals surface area (Å²) < 4.78 is 28.4. The maximum atomic E-state index is 13.6. The molecule has 1 aromatic heterocycles. The van der Waals surface area contributed by atoms with Gasteiger partial charge in [-0.25, -0.2) is 8.42 Å². The van der Waals surface area contributed by atoms with Gasteiger partial charge in [-0.15, -0.1) is 0 Å². The Balaban J connectivity index is 1.41. The molecule has 3 aromatic rings. The van der Waals surface area contributed by atoms with Crippen molar-refractivity contribution in [3.05, 3.63) is 83.7 Å². The monoisotopic (exact) mass is 591 g/mol. The van der Waals surface area contributed by atoms with Crippen LogP contribution in [0.15, 0.2) is 71.8 Å². The molecular formula is C34H45N3O4S. The van der Waals surface area contributed by atoms with E-state index >= 15 is 0 Å². The van der Waals surface area contributed by atoms with Gasteiger partial charge >= 0.3 is 0 Å². The van der Waals surface area contributed by atoms with E-state index in [4.69, 9.17) is 0 Å². The Bertz CT molecular complexity index is 1430. The summed E-state index contributed by atoms with van der Waals surface area (Å²) >= 11 is 0. The molecule has 8 heteroatoms. The highest BCUT2D eigenvalue weighted by atomic mass is 32.2. The van der Waals surface area contributed by atoms with Crippen LogP contribution in [0, 0.1) is 12.8 Å². The predicted molar refractivity (Wildman–Crippen MR) is 168 cm³/mol. The Morgan fingerprint density at radius 1 is 1.02 bits per heavy atom. The van der Waals surface area contributed by atoms with Crippen LogP contribution in [0.25, 0.3) is 0 Å². The highest BCUT2D eigenvalue weighted by Crippen LogP contribution is 2.41. The number of aryl methyl sites for hydroxylation is 2. The van der Waals surface area contributed by atoms with Crippen molar-refractivity contribution in [2.45, 2.75) is 95.4 Å². The molecule has 1 atom stereocenters. The van der Waals surface area contributed by atoms with Gasteiger partial charge in [0.2, 0.25) is 5.91 Å². The predicted octanol–water partition coefficient (Wildman–Crippen LogP) is 6.68. The fourth-order valence-corrected chi connectivity index (χ4v) is 7.59. The number of benzene rings is 2. The lowest BCUT2D eigenvalue weighted by Gasteiger charge is -2.36. The number of nitrogens with zero attached hydrogens (tertiary/aromatic N) is 2. The van der Waals surface area contributed by atoms with E-state index in [0.717, 1.165) is 42.5 Å². The van der Waals surface area contributed by atoms with E-state index < -0.39 is 10.0 Å². The molecule has 2 N–H and O–H groups in total. The van der Waals surface area contributed by atoms with Crippen molar-refractivity contribution < 1.29 is 18.3 Å². The summed E-state index contributed by atoms with van der Waals surface area (Å²) in [5, 5.41) is 14.2. The van der Waals surface area contributed by atoms with E-state index in [9.17, 15) is 18.3 Å². The van der Waals surface area contributed by atoms with Gasteiger partial charge in [0, 0.05) is 36.3 Å². The van der Waals surface area contributed by atoms with Crippen LogP contribution in [0.3, 0.4) is 0 Å². The van der Waals surface area contributed by atoms with Gasteiger partial charge < -0.3 is 10.4 Å². The van der Waals surface area contributed by atoms with Gasteiger partial charge in [-0.1, -0.05) is 62.9 Å². The molecular weight excluding hydrogens is 546 g/mol. The second-order valence-electron chi connectivity index (χ2n) is 12.3. The number of aromatic nitrogens is 1. The Morgan fingerprint density at radius 2 is 1.74 bits per heavy atom. The molecule has 1 aliphatic carbocycles. The lowest BCUT2D eigenvalue weighted by molar-refractivity contribution is -0.123. The standard InChI is InChI=1S/C34H45N3O4S/c1-25(2)24-37(42(40,41)29-16-11-26(3)12-17-29)30-18-15-28(22-31(30)38)14-13-27(4)36-33(39)23-34(19-7-5-8-20-34)32-10-6-9-21-35-32/h6,9-12,15-18,21-22,25,27,38H,5,7-8,13-14,19-20,23-24H2,1-4H3,(H,36,39)/t27-/m0/s1. The molecule has 1 heterocycles. The van der Waals surface area contributed by atoms with Crippen LogP contribution in [0.4, 0.5) is 5.69 Å². The SMILES string of the molecule is Cc1ccc(S(=O)(=O)N(CC(C)C)c2ccc(CC[C@H](C)NC(=O)CC3(c4ccccn4)CCCCC3)cc2O)cc1. The zero-order valence-electron chi connectivity index (χ0n) is 25.3. The average molecular weight is 592 g/mol. The summed E-state index contributed by atoms with van der Waals surface area (Å²) in [7, 11) is -3.86. The number of sulfonamides is 1. The number of hydrogen-bond donors (Lipinski definition) is 2. The zero-order chi connectivity index (χ0) is 30.3. The molecule has 0 radical (unpaired) electrons. The smallest absolute Gasteiger partial charge is 0.264 e. The number of nitrogens with one attached hydrogen (secondary N) is 1. The number of anilines is 1. The van der Waals surface area contributed by atoms with Crippen molar-refractivity contribution in [2.24, 2.45) is 5.92 Å². The first-order valence-electron chi connectivity index (χ1n) is 15.1. The summed E-state index contributed by atoms with van der Waals surface area (Å²) in [6, 6.07) is 17.8. The number of hydrogen-bond acceptors (Lipinski definition) is 5. The van der Waals surface area contributed by atoms with E-state index in [1.807, 2.05) is 58.2 Å². The number of carbonyl (C=O) groups is 1. The summed E-state index contributed by atoms with van der Waals surface area (Å²) in [6.45, 7) is 8.05. The number of carbonyl (C=O) groups excluding carboxylic acids is 1. The van der Waals surface area contributed by atoms with Crippen LogP contribution in [-0.2, 0) is 26.7 Å². The number of rotatable bonds is 12. The van der Waals surface area contributed by atoms with E-state index in [1.165, 1.54) is 10.7 Å². The van der Waals surface area contributed by atoms with Crippen molar-refractivity contribution in [1.82, 2.24) is 10.3 Å². The molecule has 4 rings (SSSR count). The van der Waals surface area contributed by atoms with Crippen LogP contribution in [-0.4, -0.2) is 37.0 Å². The van der Waals surface area contributed by atoms with E-state index in [-0.39, 0.29) is 46.2 Å². The maximum Gasteiger partial charge on any atom is 0.264 e. The fraction of sp³-hybridized carbons (Fsp3) is 0.471. The minimum Gasteiger partial charge on any atom is -0.506 e. The van der Waals surface area contributed by atoms with Crippen LogP contribution in [0.2, 0.25) is 0 Å². The van der Waals surface area contributed by atoms with Gasteiger partial charge in [0.05, 0.1) is 10.6 Å². The Labute approximate surface area is 251 Å². The largest absolute Gasteiger partial charge is 0.506 e. The number of aromatic hydroxyl groups is 1. The minimum atomic E-state index is -3.86. The minimum absolute atomic E-state index is 0.0406. The summed E-state index contributed by atoms with van der Waals surface area (Å²) in [5.41, 5.74) is 2.93. The normalized spacial score (nSPS) is 15.7. The van der Waals surface area contributed by atoms with Crippen LogP contribution < -0.4 is 9.62 Å². The van der Waals surface area contributed by atoms with Crippen molar-refractivity contribution in [2.75, 3.05) is 10.8 Å². The number of amides is 1. The van der Waals surface area contributed by atoms with E-state index in [1.54, 1.807) is 36.4 Å². The first-order chi connectivity index (χ1) is 20.0. The Hall–Kier alpha value is -3.39. The van der Waals surface area contributed by atoms with E-state index in [2.05, 4.69) is 10.3 Å². The number of pyridine rings is 1. The van der Waals surface area contributed by atoms with Crippen LogP contribution >= 0.6 is 0 Å². The third-order valence-corrected chi connectivity index (χ3v) is 10.0. The van der Waals surface area contributed by atoms with Gasteiger partial charge in [0.25, 0.3) is 10.0 Å². The lowest BCUT2D eigenvalue weighted by Crippen LogP contribution is -2.40. The third kappa shape index (κ3) is 7.71. The van der Waals surface area contributed by atoms with Gasteiger partial charge in [-0.3, -0.25) is 14.1 Å². The quantitative estimate of drug-likeness (QED) is 0.245. The molecule has 226 valence electrons. The van der Waals surface area contributed by atoms with Crippen LogP contribution in [0.1, 0.15) is 82.5 Å². The first kappa shape index (κ1) is 31.5. The molecule has 0 unspecified atom stereocenters. The van der Waals surface area contributed by atoms with Gasteiger partial charge in [-0.2, -0.15) is 0 Å². The fourth-order valence-electron chi connectivity index (χ4n) is 5.95. The highest BCUT2D eigenvalue weighted by molar-refractivity contribution is 7.92. The van der Waals surface area contributed by atoms with Gasteiger partial charge in [0.1, 0.15) is 5.75 Å². The molecule has 0 spiro atoms. The average Bonchev–Trinajstić information content (AvgIpc) is 2.96.